The predicted octanol–water partition coefficient (Wildman–Crippen LogP) is 3.91. The van der Waals surface area contributed by atoms with E-state index in [1.54, 1.807) is 13.2 Å². The highest BCUT2D eigenvalue weighted by Crippen LogP contribution is 2.27. The molecule has 0 bridgehead atoms. The van der Waals surface area contributed by atoms with Crippen LogP contribution < -0.4 is 10.1 Å². The molecule has 2 aromatic carbocycles. The minimum absolute atomic E-state index is 0.280. The molecule has 6 heteroatoms. The Bertz CT molecular complexity index is 1040. The Morgan fingerprint density at radius 3 is 2.92 bits per heavy atom. The van der Waals surface area contributed by atoms with Gasteiger partial charge in [-0.15, -0.1) is 0 Å². The van der Waals surface area contributed by atoms with Crippen LogP contribution in [0.5, 0.6) is 5.75 Å². The van der Waals surface area contributed by atoms with Crippen molar-refractivity contribution in [3.63, 3.8) is 0 Å². The van der Waals surface area contributed by atoms with Crippen LogP contribution in [0.4, 0.5) is 10.2 Å². The minimum atomic E-state index is -0.280. The maximum absolute atomic E-state index is 13.5. The second-order valence-electron chi connectivity index (χ2n) is 5.75. The molecule has 126 valence electrons. The fourth-order valence-corrected chi connectivity index (χ4v) is 3.02. The van der Waals surface area contributed by atoms with Gasteiger partial charge in [0.2, 0.25) is 0 Å². The van der Waals surface area contributed by atoms with E-state index in [0.29, 0.717) is 17.9 Å². The number of aromatic amines is 1. The number of nitrogens with zero attached hydrogens (tertiary/aromatic N) is 2. The summed E-state index contributed by atoms with van der Waals surface area (Å²) in [4.78, 5) is 11.9. The molecule has 2 N–H and O–H groups in total. The van der Waals surface area contributed by atoms with Crippen LogP contribution in [-0.4, -0.2) is 28.6 Å². The maximum Gasteiger partial charge on any atom is 0.153 e. The highest BCUT2D eigenvalue weighted by molar-refractivity contribution is 6.07. The Morgan fingerprint density at radius 2 is 2.04 bits per heavy atom. The third-order valence-electron chi connectivity index (χ3n) is 4.22. The monoisotopic (exact) mass is 336 g/mol. The lowest BCUT2D eigenvalue weighted by atomic mass is 10.1. The summed E-state index contributed by atoms with van der Waals surface area (Å²) in [7, 11) is 1.67. The standard InChI is InChI=1S/C19H17FN4O/c1-25-16-5-3-2-4-12(16)8-9-21-19-18-17(22-11-23-19)14-10-13(20)6-7-15(14)24-18/h2-7,10-11,24H,8-9H2,1H3,(H,21,22,23). The number of hydrogen-bond donors (Lipinski definition) is 2. The number of aromatic nitrogens is 3. The fraction of sp³-hybridized carbons (Fsp3) is 0.158. The van der Waals surface area contributed by atoms with E-state index < -0.39 is 0 Å². The van der Waals surface area contributed by atoms with Gasteiger partial charge in [-0.3, -0.25) is 0 Å². The third-order valence-corrected chi connectivity index (χ3v) is 4.22. The number of hydrogen-bond acceptors (Lipinski definition) is 4. The molecule has 4 rings (SSSR count). The van der Waals surface area contributed by atoms with E-state index in [1.807, 2.05) is 24.3 Å². The number of para-hydroxylation sites is 1. The molecule has 0 radical (unpaired) electrons. The molecule has 0 spiro atoms. The molecule has 0 saturated heterocycles. The number of anilines is 1. The van der Waals surface area contributed by atoms with Crippen LogP contribution in [0.25, 0.3) is 21.9 Å². The van der Waals surface area contributed by atoms with Gasteiger partial charge in [-0.2, -0.15) is 0 Å². The topological polar surface area (TPSA) is 62.8 Å². The van der Waals surface area contributed by atoms with Gasteiger partial charge in [0.1, 0.15) is 28.9 Å². The maximum atomic E-state index is 13.5. The average molecular weight is 336 g/mol. The molecule has 2 aromatic heterocycles. The van der Waals surface area contributed by atoms with Crippen molar-refractivity contribution in [1.82, 2.24) is 15.0 Å². The van der Waals surface area contributed by atoms with E-state index in [9.17, 15) is 4.39 Å². The van der Waals surface area contributed by atoms with Gasteiger partial charge < -0.3 is 15.0 Å². The predicted molar refractivity (Wildman–Crippen MR) is 96.5 cm³/mol. The van der Waals surface area contributed by atoms with Crippen LogP contribution in [0.1, 0.15) is 5.56 Å². The summed E-state index contributed by atoms with van der Waals surface area (Å²) < 4.78 is 18.9. The Balaban J connectivity index is 1.60. The van der Waals surface area contributed by atoms with Crippen molar-refractivity contribution < 1.29 is 9.13 Å². The lowest BCUT2D eigenvalue weighted by molar-refractivity contribution is 0.410. The van der Waals surface area contributed by atoms with Gasteiger partial charge in [-0.1, -0.05) is 18.2 Å². The van der Waals surface area contributed by atoms with Crippen LogP contribution in [0.2, 0.25) is 0 Å². The van der Waals surface area contributed by atoms with Crippen molar-refractivity contribution >= 4 is 27.8 Å². The molecular formula is C19H17FN4O. The number of nitrogens with one attached hydrogen (secondary N) is 2. The summed E-state index contributed by atoms with van der Waals surface area (Å²) in [6.45, 7) is 0.691. The number of halogens is 1. The zero-order chi connectivity index (χ0) is 17.2. The lowest BCUT2D eigenvalue weighted by Gasteiger charge is -2.09. The molecule has 0 amide bonds. The van der Waals surface area contributed by atoms with Gasteiger partial charge in [-0.05, 0) is 36.2 Å². The van der Waals surface area contributed by atoms with Crippen molar-refractivity contribution in [3.05, 3.63) is 60.2 Å². The molecule has 2 heterocycles. The fourth-order valence-electron chi connectivity index (χ4n) is 3.02. The van der Waals surface area contributed by atoms with Crippen LogP contribution in [-0.2, 0) is 6.42 Å². The van der Waals surface area contributed by atoms with Crippen molar-refractivity contribution in [2.75, 3.05) is 19.0 Å². The van der Waals surface area contributed by atoms with E-state index in [-0.39, 0.29) is 5.82 Å². The molecule has 5 nitrogen and oxygen atoms in total. The number of ether oxygens (including phenoxy) is 1. The molecular weight excluding hydrogens is 319 g/mol. The van der Waals surface area contributed by atoms with Crippen molar-refractivity contribution in [1.29, 1.82) is 0 Å². The number of methoxy groups -OCH3 is 1. The first kappa shape index (κ1) is 15.4. The molecule has 0 unspecified atom stereocenters. The smallest absolute Gasteiger partial charge is 0.153 e. The highest BCUT2D eigenvalue weighted by Gasteiger charge is 2.11. The van der Waals surface area contributed by atoms with Gasteiger partial charge in [-0.25, -0.2) is 14.4 Å². The summed E-state index contributed by atoms with van der Waals surface area (Å²) in [5, 5.41) is 4.09. The first-order valence-corrected chi connectivity index (χ1v) is 8.04. The SMILES string of the molecule is COc1ccccc1CCNc1ncnc2c1[nH]c1ccc(F)cc12. The molecule has 25 heavy (non-hydrogen) atoms. The van der Waals surface area contributed by atoms with Crippen LogP contribution in [0, 0.1) is 5.82 Å². The molecule has 0 aliphatic heterocycles. The van der Waals surface area contributed by atoms with Gasteiger partial charge in [0.25, 0.3) is 0 Å². The molecule has 0 saturated carbocycles. The Hall–Kier alpha value is -3.15. The van der Waals surface area contributed by atoms with Crippen molar-refractivity contribution in [2.45, 2.75) is 6.42 Å². The first-order valence-electron chi connectivity index (χ1n) is 8.04. The molecule has 0 fully saturated rings. The normalized spacial score (nSPS) is 11.1. The summed E-state index contributed by atoms with van der Waals surface area (Å²) in [5.74, 6) is 1.30. The Labute approximate surface area is 143 Å². The number of H-pyrrole nitrogens is 1. The van der Waals surface area contributed by atoms with E-state index >= 15 is 0 Å². The quantitative estimate of drug-likeness (QED) is 0.580. The minimum Gasteiger partial charge on any atom is -0.496 e. The molecule has 0 atom stereocenters. The summed E-state index contributed by atoms with van der Waals surface area (Å²) in [5.41, 5.74) is 3.46. The molecule has 0 aliphatic rings. The Kier molecular flexibility index (Phi) is 3.93. The van der Waals surface area contributed by atoms with E-state index in [0.717, 1.165) is 34.2 Å². The van der Waals surface area contributed by atoms with Crippen molar-refractivity contribution in [3.8, 4) is 5.75 Å². The third kappa shape index (κ3) is 2.87. The second-order valence-corrected chi connectivity index (χ2v) is 5.75. The molecule has 0 aliphatic carbocycles. The highest BCUT2D eigenvalue weighted by atomic mass is 19.1. The van der Waals surface area contributed by atoms with Crippen LogP contribution in [0.15, 0.2) is 48.8 Å². The Morgan fingerprint density at radius 1 is 1.16 bits per heavy atom. The first-order chi connectivity index (χ1) is 12.3. The number of rotatable bonds is 5. The van der Waals surface area contributed by atoms with Crippen LogP contribution >= 0.6 is 0 Å². The summed E-state index contributed by atoms with van der Waals surface area (Å²) in [6, 6.07) is 12.6. The summed E-state index contributed by atoms with van der Waals surface area (Å²) >= 11 is 0. The van der Waals surface area contributed by atoms with E-state index in [1.165, 1.54) is 18.5 Å². The molecule has 4 aromatic rings. The van der Waals surface area contributed by atoms with E-state index in [2.05, 4.69) is 20.3 Å². The van der Waals surface area contributed by atoms with Gasteiger partial charge in [0.05, 0.1) is 7.11 Å². The van der Waals surface area contributed by atoms with E-state index in [4.69, 9.17) is 4.74 Å². The second kappa shape index (κ2) is 6.39. The number of benzene rings is 2. The van der Waals surface area contributed by atoms with Gasteiger partial charge >= 0.3 is 0 Å². The largest absolute Gasteiger partial charge is 0.496 e. The van der Waals surface area contributed by atoms with Crippen LogP contribution in [0.3, 0.4) is 0 Å². The van der Waals surface area contributed by atoms with Crippen molar-refractivity contribution in [2.24, 2.45) is 0 Å². The van der Waals surface area contributed by atoms with Gasteiger partial charge in [0, 0.05) is 17.4 Å². The average Bonchev–Trinajstić information content (AvgIpc) is 3.01. The van der Waals surface area contributed by atoms with Gasteiger partial charge in [0.15, 0.2) is 5.82 Å². The zero-order valence-electron chi connectivity index (χ0n) is 13.7. The number of fused-ring (bicyclic) bond motifs is 3. The zero-order valence-corrected chi connectivity index (χ0v) is 13.7. The lowest BCUT2D eigenvalue weighted by Crippen LogP contribution is -2.07. The summed E-state index contributed by atoms with van der Waals surface area (Å²) in [6.07, 6.45) is 2.29.